The highest BCUT2D eigenvalue weighted by molar-refractivity contribution is 9.10. The van der Waals surface area contributed by atoms with Crippen LogP contribution in [0, 0.1) is 5.92 Å². The van der Waals surface area contributed by atoms with E-state index in [4.69, 9.17) is 10.8 Å². The minimum atomic E-state index is -0.838. The number of aliphatic carboxylic acids is 1. The molecule has 1 unspecified atom stereocenters. The monoisotopic (exact) mass is 271 g/mol. The van der Waals surface area contributed by atoms with Crippen LogP contribution in [0.4, 0.5) is 5.69 Å². The van der Waals surface area contributed by atoms with Gasteiger partial charge in [-0.3, -0.25) is 4.79 Å². The Labute approximate surface area is 97.4 Å². The highest BCUT2D eigenvalue weighted by Crippen LogP contribution is 2.31. The predicted octanol–water partition coefficient (Wildman–Crippen LogP) is 2.86. The smallest absolute Gasteiger partial charge is 0.311 e. The molecule has 0 saturated heterocycles. The van der Waals surface area contributed by atoms with Crippen molar-refractivity contribution < 1.29 is 9.90 Å². The van der Waals surface area contributed by atoms with Gasteiger partial charge in [-0.1, -0.05) is 29.8 Å². The average Bonchev–Trinajstić information content (AvgIpc) is 2.10. The first-order valence-electron chi connectivity index (χ1n) is 4.71. The molecule has 15 heavy (non-hydrogen) atoms. The molecule has 1 atom stereocenters. The maximum atomic E-state index is 11.1. The second-order valence-electron chi connectivity index (χ2n) is 3.83. The first-order valence-corrected chi connectivity index (χ1v) is 5.50. The van der Waals surface area contributed by atoms with Crippen LogP contribution < -0.4 is 5.73 Å². The van der Waals surface area contributed by atoms with Gasteiger partial charge in [0.1, 0.15) is 0 Å². The van der Waals surface area contributed by atoms with Gasteiger partial charge in [-0.2, -0.15) is 0 Å². The topological polar surface area (TPSA) is 63.3 Å². The fourth-order valence-corrected chi connectivity index (χ4v) is 1.97. The number of carbonyl (C=O) groups is 1. The summed E-state index contributed by atoms with van der Waals surface area (Å²) >= 11 is 3.31. The average molecular weight is 272 g/mol. The largest absolute Gasteiger partial charge is 0.481 e. The van der Waals surface area contributed by atoms with Crippen LogP contribution in [0.1, 0.15) is 25.3 Å². The van der Waals surface area contributed by atoms with E-state index in [9.17, 15) is 4.79 Å². The Morgan fingerprint density at radius 1 is 1.47 bits per heavy atom. The second kappa shape index (κ2) is 4.66. The molecule has 1 aromatic rings. The Morgan fingerprint density at radius 2 is 2.07 bits per heavy atom. The molecular weight excluding hydrogens is 258 g/mol. The van der Waals surface area contributed by atoms with Gasteiger partial charge >= 0.3 is 5.97 Å². The van der Waals surface area contributed by atoms with Crippen LogP contribution in [-0.2, 0) is 4.79 Å². The van der Waals surface area contributed by atoms with Crippen LogP contribution in [0.15, 0.2) is 22.7 Å². The van der Waals surface area contributed by atoms with E-state index in [1.165, 1.54) is 0 Å². The standard InChI is InChI=1S/C11H14BrNO2/c1-6(2)10(11(14)15)8-5-7(12)3-4-9(8)13/h3-6,10H,13H2,1-2H3,(H,14,15). The summed E-state index contributed by atoms with van der Waals surface area (Å²) in [6, 6.07) is 5.30. The number of rotatable bonds is 3. The van der Waals surface area contributed by atoms with Crippen molar-refractivity contribution in [3.05, 3.63) is 28.2 Å². The molecule has 0 fully saturated rings. The number of halogens is 1. The molecule has 82 valence electrons. The quantitative estimate of drug-likeness (QED) is 0.831. The summed E-state index contributed by atoms with van der Waals surface area (Å²) in [6.45, 7) is 3.75. The highest BCUT2D eigenvalue weighted by Gasteiger charge is 2.25. The first kappa shape index (κ1) is 12.0. The summed E-state index contributed by atoms with van der Waals surface area (Å²) in [5, 5.41) is 9.14. The molecule has 0 amide bonds. The van der Waals surface area contributed by atoms with Crippen LogP contribution >= 0.6 is 15.9 Å². The van der Waals surface area contributed by atoms with E-state index in [2.05, 4.69) is 15.9 Å². The van der Waals surface area contributed by atoms with Gasteiger partial charge < -0.3 is 10.8 Å². The zero-order chi connectivity index (χ0) is 11.6. The van der Waals surface area contributed by atoms with E-state index in [1.807, 2.05) is 13.8 Å². The third-order valence-electron chi connectivity index (χ3n) is 2.32. The molecule has 0 aliphatic heterocycles. The van der Waals surface area contributed by atoms with Gasteiger partial charge in [-0.25, -0.2) is 0 Å². The molecule has 3 N–H and O–H groups in total. The predicted molar refractivity (Wildman–Crippen MR) is 63.8 cm³/mol. The second-order valence-corrected chi connectivity index (χ2v) is 4.75. The van der Waals surface area contributed by atoms with Gasteiger partial charge in [0.2, 0.25) is 0 Å². The van der Waals surface area contributed by atoms with Crippen molar-refractivity contribution in [1.29, 1.82) is 0 Å². The van der Waals surface area contributed by atoms with Crippen molar-refractivity contribution >= 4 is 27.6 Å². The van der Waals surface area contributed by atoms with Gasteiger partial charge in [-0.05, 0) is 29.7 Å². The van der Waals surface area contributed by atoms with E-state index in [1.54, 1.807) is 18.2 Å². The normalized spacial score (nSPS) is 12.8. The molecule has 3 nitrogen and oxygen atoms in total. The lowest BCUT2D eigenvalue weighted by Crippen LogP contribution is -2.18. The van der Waals surface area contributed by atoms with E-state index < -0.39 is 11.9 Å². The van der Waals surface area contributed by atoms with Crippen LogP contribution in [0.5, 0.6) is 0 Å². The molecule has 0 spiro atoms. The third kappa shape index (κ3) is 2.72. The van der Waals surface area contributed by atoms with E-state index in [0.717, 1.165) is 4.47 Å². The van der Waals surface area contributed by atoms with Crippen molar-refractivity contribution in [1.82, 2.24) is 0 Å². The van der Waals surface area contributed by atoms with Crippen molar-refractivity contribution in [3.8, 4) is 0 Å². The van der Waals surface area contributed by atoms with Crippen LogP contribution in [0.2, 0.25) is 0 Å². The zero-order valence-corrected chi connectivity index (χ0v) is 10.3. The molecule has 0 bridgehead atoms. The maximum absolute atomic E-state index is 11.1. The number of benzene rings is 1. The van der Waals surface area contributed by atoms with Gasteiger partial charge in [-0.15, -0.1) is 0 Å². The van der Waals surface area contributed by atoms with Crippen LogP contribution in [0.3, 0.4) is 0 Å². The van der Waals surface area contributed by atoms with E-state index in [0.29, 0.717) is 11.3 Å². The Bertz CT molecular complexity index is 377. The lowest BCUT2D eigenvalue weighted by atomic mass is 9.87. The van der Waals surface area contributed by atoms with Crippen molar-refractivity contribution in [2.75, 3.05) is 5.73 Å². The molecule has 0 radical (unpaired) electrons. The molecular formula is C11H14BrNO2. The molecule has 0 aliphatic rings. The Kier molecular flexibility index (Phi) is 3.74. The van der Waals surface area contributed by atoms with Gasteiger partial charge in [0.05, 0.1) is 5.92 Å². The molecule has 0 heterocycles. The molecule has 0 aromatic heterocycles. The highest BCUT2D eigenvalue weighted by atomic mass is 79.9. The Morgan fingerprint density at radius 3 is 2.53 bits per heavy atom. The number of carboxylic acids is 1. The third-order valence-corrected chi connectivity index (χ3v) is 2.81. The van der Waals surface area contributed by atoms with Gasteiger partial charge in [0.25, 0.3) is 0 Å². The summed E-state index contributed by atoms with van der Waals surface area (Å²) in [7, 11) is 0. The number of nitrogen functional groups attached to an aromatic ring is 1. The minimum Gasteiger partial charge on any atom is -0.481 e. The number of hydrogen-bond acceptors (Lipinski definition) is 2. The minimum absolute atomic E-state index is 0.0131. The molecule has 4 heteroatoms. The van der Waals surface area contributed by atoms with Gasteiger partial charge in [0, 0.05) is 10.2 Å². The summed E-state index contributed by atoms with van der Waals surface area (Å²) in [5.41, 5.74) is 6.98. The van der Waals surface area contributed by atoms with Gasteiger partial charge in [0.15, 0.2) is 0 Å². The number of nitrogens with two attached hydrogens (primary N) is 1. The maximum Gasteiger partial charge on any atom is 0.311 e. The fourth-order valence-electron chi connectivity index (χ4n) is 1.59. The Hall–Kier alpha value is -1.03. The van der Waals surface area contributed by atoms with E-state index >= 15 is 0 Å². The molecule has 1 rings (SSSR count). The summed E-state index contributed by atoms with van der Waals surface area (Å²) < 4.78 is 0.846. The molecule has 1 aromatic carbocycles. The zero-order valence-electron chi connectivity index (χ0n) is 8.70. The van der Waals surface area contributed by atoms with Crippen LogP contribution in [0.25, 0.3) is 0 Å². The fraction of sp³-hybridized carbons (Fsp3) is 0.364. The molecule has 0 aliphatic carbocycles. The number of carboxylic acid groups (broad SMARTS) is 1. The van der Waals surface area contributed by atoms with Crippen molar-refractivity contribution in [2.45, 2.75) is 19.8 Å². The van der Waals surface area contributed by atoms with E-state index in [-0.39, 0.29) is 5.92 Å². The number of hydrogen-bond donors (Lipinski definition) is 2. The lowest BCUT2D eigenvalue weighted by molar-refractivity contribution is -0.139. The summed E-state index contributed by atoms with van der Waals surface area (Å²) in [6.07, 6.45) is 0. The lowest BCUT2D eigenvalue weighted by Gasteiger charge is -2.18. The number of anilines is 1. The summed E-state index contributed by atoms with van der Waals surface area (Å²) in [4.78, 5) is 11.1. The van der Waals surface area contributed by atoms with Crippen molar-refractivity contribution in [3.63, 3.8) is 0 Å². The SMILES string of the molecule is CC(C)C(C(=O)O)c1cc(Br)ccc1N. The Balaban J connectivity index is 3.22. The molecule has 0 saturated carbocycles. The first-order chi connectivity index (χ1) is 6.93. The van der Waals surface area contributed by atoms with Crippen LogP contribution in [-0.4, -0.2) is 11.1 Å². The summed E-state index contributed by atoms with van der Waals surface area (Å²) in [5.74, 6) is -1.38. The van der Waals surface area contributed by atoms with Crippen molar-refractivity contribution in [2.24, 2.45) is 5.92 Å².